The van der Waals surface area contributed by atoms with Gasteiger partial charge >= 0.3 is 5.88 Å². The van der Waals surface area contributed by atoms with E-state index in [0.29, 0.717) is 29.7 Å². The number of nitrogen functional groups attached to an aromatic ring is 1. The molecule has 6 heteroatoms. The molecule has 0 aliphatic carbocycles. The lowest BCUT2D eigenvalue weighted by molar-refractivity contribution is -0.686. The maximum atomic E-state index is 9.24. The van der Waals surface area contributed by atoms with Crippen LogP contribution in [-0.4, -0.2) is 16.7 Å². The van der Waals surface area contributed by atoms with Gasteiger partial charge in [-0.1, -0.05) is 71.2 Å². The average molecular weight is 419 g/mol. The fourth-order valence-corrected chi connectivity index (χ4v) is 4.42. The van der Waals surface area contributed by atoms with Gasteiger partial charge in [0.05, 0.1) is 12.5 Å². The van der Waals surface area contributed by atoms with E-state index >= 15 is 0 Å². The Morgan fingerprint density at radius 3 is 2.67 bits per heavy atom. The molecular weight excluding hydrogens is 398 g/mol. The van der Waals surface area contributed by atoms with Gasteiger partial charge in [0, 0.05) is 29.0 Å². The van der Waals surface area contributed by atoms with Crippen molar-refractivity contribution in [2.75, 3.05) is 12.3 Å². The molecule has 2 heterocycles. The number of aryl methyl sites for hydroxylation is 1. The first kappa shape index (κ1) is 18.9. The van der Waals surface area contributed by atoms with Crippen molar-refractivity contribution in [1.82, 2.24) is 4.98 Å². The zero-order valence-corrected chi connectivity index (χ0v) is 17.0. The minimum absolute atomic E-state index is 0.0861. The van der Waals surface area contributed by atoms with Crippen LogP contribution in [0, 0.1) is 0 Å². The van der Waals surface area contributed by atoms with Crippen molar-refractivity contribution >= 4 is 28.2 Å². The second-order valence-corrected chi connectivity index (χ2v) is 7.79. The molecule has 150 valence electrons. The lowest BCUT2D eigenvalue weighted by atomic mass is 9.82. The maximum absolute atomic E-state index is 9.24. The molecule has 5 nitrogen and oxygen atoms in total. The van der Waals surface area contributed by atoms with E-state index in [4.69, 9.17) is 22.1 Å². The number of nitrogens with two attached hydrogens (primary N) is 1. The summed E-state index contributed by atoms with van der Waals surface area (Å²) in [5, 5.41) is 12.0. The Balaban J connectivity index is 1.79. The molecule has 1 aromatic heterocycles. The van der Waals surface area contributed by atoms with Crippen molar-refractivity contribution in [2.24, 2.45) is 0 Å². The van der Waals surface area contributed by atoms with E-state index in [1.54, 1.807) is 6.33 Å². The summed E-state index contributed by atoms with van der Waals surface area (Å²) >= 11 is 6.64. The lowest BCUT2D eigenvalue weighted by Gasteiger charge is -2.28. The Morgan fingerprint density at radius 1 is 1.03 bits per heavy atom. The van der Waals surface area contributed by atoms with Crippen molar-refractivity contribution in [2.45, 2.75) is 18.9 Å². The zero-order valence-electron chi connectivity index (χ0n) is 16.3. The molecule has 0 amide bonds. The fourth-order valence-electron chi connectivity index (χ4n) is 4.18. The summed E-state index contributed by atoms with van der Waals surface area (Å²) in [5.41, 5.74) is 9.36. The summed E-state index contributed by atoms with van der Waals surface area (Å²) in [5.74, 6) is 1.63. The highest BCUT2D eigenvalue weighted by Crippen LogP contribution is 2.51. The van der Waals surface area contributed by atoms with Gasteiger partial charge < -0.3 is 15.6 Å². The second kappa shape index (κ2) is 7.59. The van der Waals surface area contributed by atoms with E-state index in [9.17, 15) is 5.11 Å². The fraction of sp³-hybridized carbons (Fsp3) is 0.167. The minimum atomic E-state index is -0.212. The average Bonchev–Trinajstić information content (AvgIpc) is 2.78. The van der Waals surface area contributed by atoms with E-state index < -0.39 is 0 Å². The van der Waals surface area contributed by atoms with E-state index in [-0.39, 0.29) is 12.5 Å². The third kappa shape index (κ3) is 2.98. The van der Waals surface area contributed by atoms with Crippen LogP contribution in [0.4, 0.5) is 5.82 Å². The van der Waals surface area contributed by atoms with Gasteiger partial charge in [-0.05, 0) is 17.0 Å². The van der Waals surface area contributed by atoms with Crippen LogP contribution in [0.1, 0.15) is 29.0 Å². The number of rotatable bonds is 4. The smallest absolute Gasteiger partial charge is 0.306 e. The van der Waals surface area contributed by atoms with Gasteiger partial charge in [-0.25, -0.2) is 4.57 Å². The van der Waals surface area contributed by atoms with Gasteiger partial charge in [-0.15, -0.1) is 0 Å². The van der Waals surface area contributed by atoms with Crippen LogP contribution < -0.4 is 15.0 Å². The Bertz CT molecular complexity index is 1260. The van der Waals surface area contributed by atoms with E-state index in [1.165, 1.54) is 0 Å². The molecule has 1 atom stereocenters. The molecule has 0 unspecified atom stereocenters. The lowest BCUT2D eigenvalue weighted by Crippen LogP contribution is -2.40. The number of ether oxygens (including phenoxy) is 1. The van der Waals surface area contributed by atoms with E-state index in [2.05, 4.69) is 29.2 Å². The number of hydrogen-bond donors (Lipinski definition) is 2. The molecule has 0 saturated heterocycles. The molecule has 5 rings (SSSR count). The molecule has 0 saturated carbocycles. The highest BCUT2D eigenvalue weighted by Gasteiger charge is 2.37. The molecule has 3 aromatic carbocycles. The van der Waals surface area contributed by atoms with Crippen LogP contribution >= 0.6 is 11.6 Å². The van der Waals surface area contributed by atoms with Crippen LogP contribution in [0.5, 0.6) is 11.6 Å². The van der Waals surface area contributed by atoms with Gasteiger partial charge in [0.15, 0.2) is 0 Å². The standard InChI is InChI=1S/C24H20ClN3O2/c25-19-9-4-3-8-17(19)20-18-11-10-15-6-1-2-7-16(15)22(18)30-24-21(20)23(26)28(14-27-24)12-5-13-29/h1-4,6-11,14,20,26,29H,5,12-13H2/p+1/t20-/m0/s1. The normalized spacial score (nSPS) is 14.8. The topological polar surface area (TPSA) is 72.2 Å². The molecule has 1 aliphatic heterocycles. The number of hydrogen-bond acceptors (Lipinski definition) is 4. The number of aliphatic hydroxyl groups excluding tert-OH is 1. The molecule has 3 N–H and O–H groups in total. The molecule has 1 aliphatic rings. The van der Waals surface area contributed by atoms with Crippen LogP contribution in [-0.2, 0) is 6.54 Å². The Morgan fingerprint density at radius 2 is 1.83 bits per heavy atom. The largest absolute Gasteiger partial charge is 0.425 e. The van der Waals surface area contributed by atoms with Gasteiger partial charge in [0.25, 0.3) is 0 Å². The van der Waals surface area contributed by atoms with Crippen molar-refractivity contribution in [1.29, 1.82) is 0 Å². The summed E-state index contributed by atoms with van der Waals surface area (Å²) in [6.45, 7) is 0.658. The van der Waals surface area contributed by atoms with Crippen LogP contribution in [0.2, 0.25) is 5.02 Å². The SMILES string of the molecule is Nc1c2c(nc[n+]1CCCO)Oc1c(ccc3ccccc13)[C@@H]2c1ccccc1Cl. The van der Waals surface area contributed by atoms with Crippen LogP contribution in [0.15, 0.2) is 67.0 Å². The number of aliphatic hydroxyl groups is 1. The molecule has 0 fully saturated rings. The van der Waals surface area contributed by atoms with Crippen molar-refractivity contribution < 1.29 is 14.4 Å². The maximum Gasteiger partial charge on any atom is 0.306 e. The number of benzene rings is 3. The Labute approximate surface area is 179 Å². The van der Waals surface area contributed by atoms with E-state index in [0.717, 1.165) is 33.2 Å². The predicted molar refractivity (Wildman–Crippen MR) is 117 cm³/mol. The minimum Gasteiger partial charge on any atom is -0.425 e. The van der Waals surface area contributed by atoms with Gasteiger partial charge in [0.1, 0.15) is 11.3 Å². The summed E-state index contributed by atoms with van der Waals surface area (Å²) in [4.78, 5) is 4.58. The van der Waals surface area contributed by atoms with Crippen LogP contribution in [0.25, 0.3) is 10.8 Å². The summed E-state index contributed by atoms with van der Waals surface area (Å²) < 4.78 is 8.18. The first-order chi connectivity index (χ1) is 14.7. The third-order valence-corrected chi connectivity index (χ3v) is 5.96. The molecule has 0 radical (unpaired) electrons. The van der Waals surface area contributed by atoms with Crippen molar-refractivity contribution in [3.05, 3.63) is 88.7 Å². The first-order valence-electron chi connectivity index (χ1n) is 9.91. The van der Waals surface area contributed by atoms with Crippen LogP contribution in [0.3, 0.4) is 0 Å². The highest BCUT2D eigenvalue weighted by atomic mass is 35.5. The number of nitrogens with zero attached hydrogens (tertiary/aromatic N) is 2. The zero-order chi connectivity index (χ0) is 20.7. The van der Waals surface area contributed by atoms with E-state index in [1.807, 2.05) is 41.0 Å². The first-order valence-corrected chi connectivity index (χ1v) is 10.3. The summed E-state index contributed by atoms with van der Waals surface area (Å²) in [6, 6.07) is 20.1. The molecular formula is C24H21ClN3O2+. The number of aromatic nitrogens is 2. The number of halogens is 1. The molecule has 4 aromatic rings. The second-order valence-electron chi connectivity index (χ2n) is 7.38. The number of fused-ring (bicyclic) bond motifs is 4. The van der Waals surface area contributed by atoms with Crippen molar-refractivity contribution in [3.63, 3.8) is 0 Å². The highest BCUT2D eigenvalue weighted by molar-refractivity contribution is 6.31. The molecule has 0 spiro atoms. The molecule has 0 bridgehead atoms. The Kier molecular flexibility index (Phi) is 4.77. The summed E-state index contributed by atoms with van der Waals surface area (Å²) in [6.07, 6.45) is 2.26. The predicted octanol–water partition coefficient (Wildman–Crippen LogP) is 4.43. The molecule has 30 heavy (non-hydrogen) atoms. The van der Waals surface area contributed by atoms with Crippen molar-refractivity contribution in [3.8, 4) is 11.6 Å². The van der Waals surface area contributed by atoms with Gasteiger partial charge in [-0.2, -0.15) is 0 Å². The third-order valence-electron chi connectivity index (χ3n) is 5.61. The van der Waals surface area contributed by atoms with Gasteiger partial charge in [-0.3, -0.25) is 0 Å². The number of anilines is 1. The summed E-state index contributed by atoms with van der Waals surface area (Å²) in [7, 11) is 0. The quantitative estimate of drug-likeness (QED) is 0.423. The monoisotopic (exact) mass is 418 g/mol. The Hall–Kier alpha value is -3.15. The van der Waals surface area contributed by atoms with Gasteiger partial charge in [0.2, 0.25) is 12.1 Å².